The van der Waals surface area contributed by atoms with Gasteiger partial charge in [-0.25, -0.2) is 9.97 Å². The minimum atomic E-state index is -0.310. The van der Waals surface area contributed by atoms with E-state index in [1.165, 1.54) is 13.3 Å². The third kappa shape index (κ3) is 6.13. The van der Waals surface area contributed by atoms with Gasteiger partial charge in [-0.05, 0) is 30.9 Å². The summed E-state index contributed by atoms with van der Waals surface area (Å²) in [5.74, 6) is 0.414. The van der Waals surface area contributed by atoms with Crippen LogP contribution < -0.4 is 15.4 Å². The Morgan fingerprint density at radius 3 is 2.69 bits per heavy atom. The van der Waals surface area contributed by atoms with Crippen LogP contribution in [0.3, 0.4) is 0 Å². The summed E-state index contributed by atoms with van der Waals surface area (Å²) >= 11 is 6.30. The fourth-order valence-corrected chi connectivity index (χ4v) is 3.11. The summed E-state index contributed by atoms with van der Waals surface area (Å²) in [4.78, 5) is 31.2. The lowest BCUT2D eigenvalue weighted by molar-refractivity contribution is -0.119. The maximum absolute atomic E-state index is 12.3. The van der Waals surface area contributed by atoms with Gasteiger partial charge in [-0.2, -0.15) is 0 Å². The molecule has 1 aliphatic carbocycles. The molecule has 0 aliphatic heterocycles. The number of halogens is 1. The quantitative estimate of drug-likeness (QED) is 0.607. The molecular weight excluding hydrogens is 396 g/mol. The molecule has 1 fully saturated rings. The highest BCUT2D eigenvalue weighted by molar-refractivity contribution is 6.34. The maximum Gasteiger partial charge on any atom is 0.256 e. The molecule has 2 aromatic rings. The molecule has 0 saturated heterocycles. The summed E-state index contributed by atoms with van der Waals surface area (Å²) in [6, 6.07) is 8.79. The van der Waals surface area contributed by atoms with E-state index in [0.717, 1.165) is 12.8 Å². The first-order chi connectivity index (χ1) is 14.0. The molecule has 0 atom stereocenters. The second kappa shape index (κ2) is 10.2. The van der Waals surface area contributed by atoms with Crippen molar-refractivity contribution in [3.8, 4) is 5.88 Å². The van der Waals surface area contributed by atoms with Crippen LogP contribution in [0.1, 0.15) is 30.1 Å². The Morgan fingerprint density at radius 2 is 1.97 bits per heavy atom. The van der Waals surface area contributed by atoms with Gasteiger partial charge in [0, 0.05) is 19.0 Å². The number of nitrogens with one attached hydrogen (secondary N) is 2. The van der Waals surface area contributed by atoms with Crippen LogP contribution in [-0.2, 0) is 9.53 Å². The van der Waals surface area contributed by atoms with E-state index in [-0.39, 0.29) is 34.6 Å². The third-order valence-electron chi connectivity index (χ3n) is 4.50. The van der Waals surface area contributed by atoms with Crippen LogP contribution in [-0.4, -0.2) is 47.6 Å². The number of ether oxygens (including phenoxy) is 2. The van der Waals surface area contributed by atoms with Gasteiger partial charge in [0.1, 0.15) is 11.3 Å². The van der Waals surface area contributed by atoms with E-state index in [1.807, 2.05) is 6.07 Å². The molecule has 1 aromatic carbocycles. The number of nitrogens with zero attached hydrogens (tertiary/aromatic N) is 2. The topological polar surface area (TPSA) is 102 Å². The lowest BCUT2D eigenvalue weighted by atomic mass is 9.83. The zero-order valence-corrected chi connectivity index (χ0v) is 16.8. The molecule has 154 valence electrons. The van der Waals surface area contributed by atoms with Gasteiger partial charge in [0.2, 0.25) is 11.8 Å². The molecule has 0 unspecified atom stereocenters. The Balaban J connectivity index is 1.44. The zero-order valence-electron chi connectivity index (χ0n) is 16.1. The first-order valence-electron chi connectivity index (χ1n) is 9.38. The number of amides is 2. The molecular formula is C20H23ClN4O4. The largest absolute Gasteiger partial charge is 0.476 e. The Labute approximate surface area is 174 Å². The van der Waals surface area contributed by atoms with Crippen molar-refractivity contribution in [3.63, 3.8) is 0 Å². The van der Waals surface area contributed by atoms with Crippen molar-refractivity contribution >= 4 is 29.2 Å². The van der Waals surface area contributed by atoms with E-state index in [0.29, 0.717) is 31.2 Å². The molecule has 3 rings (SSSR count). The van der Waals surface area contributed by atoms with Crippen LogP contribution in [0.25, 0.3) is 0 Å². The summed E-state index contributed by atoms with van der Waals surface area (Å²) in [5.41, 5.74) is 0.503. The second-order valence-electron chi connectivity index (χ2n) is 6.79. The van der Waals surface area contributed by atoms with E-state index >= 15 is 0 Å². The molecule has 9 heteroatoms. The molecule has 2 amide bonds. The van der Waals surface area contributed by atoms with Crippen molar-refractivity contribution in [3.05, 3.63) is 47.2 Å². The Morgan fingerprint density at radius 1 is 1.21 bits per heavy atom. The Bertz CT molecular complexity index is 844. The molecule has 8 nitrogen and oxygen atoms in total. The minimum absolute atomic E-state index is 0.0606. The molecule has 0 radical (unpaired) electrons. The first kappa shape index (κ1) is 21.0. The fraction of sp³-hybridized carbons (Fsp3) is 0.400. The minimum Gasteiger partial charge on any atom is -0.476 e. The van der Waals surface area contributed by atoms with Crippen molar-refractivity contribution < 1.29 is 19.1 Å². The summed E-state index contributed by atoms with van der Waals surface area (Å²) in [5, 5.41) is 5.54. The van der Waals surface area contributed by atoms with E-state index in [4.69, 9.17) is 21.1 Å². The smallest absolute Gasteiger partial charge is 0.256 e. The molecule has 1 aromatic heterocycles. The van der Waals surface area contributed by atoms with Gasteiger partial charge in [-0.1, -0.05) is 29.8 Å². The lowest BCUT2D eigenvalue weighted by Gasteiger charge is -2.34. The van der Waals surface area contributed by atoms with Crippen molar-refractivity contribution in [1.29, 1.82) is 0 Å². The summed E-state index contributed by atoms with van der Waals surface area (Å²) in [6.07, 6.45) is 3.23. The highest BCUT2D eigenvalue weighted by Gasteiger charge is 2.30. The van der Waals surface area contributed by atoms with Gasteiger partial charge in [0.15, 0.2) is 5.82 Å². The molecule has 29 heavy (non-hydrogen) atoms. The maximum atomic E-state index is 12.3. The van der Waals surface area contributed by atoms with E-state index in [1.54, 1.807) is 24.3 Å². The van der Waals surface area contributed by atoms with E-state index in [9.17, 15) is 9.59 Å². The SMILES string of the molecule is CC(=O)NCCOC1CC(COc2ncnc(NC(=O)c3ccccc3)c2Cl)C1. The number of rotatable bonds is 9. The Kier molecular flexibility index (Phi) is 7.37. The van der Waals surface area contributed by atoms with Gasteiger partial charge in [0.05, 0.1) is 19.3 Å². The van der Waals surface area contributed by atoms with Crippen molar-refractivity contribution in [2.75, 3.05) is 25.1 Å². The zero-order chi connectivity index (χ0) is 20.6. The summed E-state index contributed by atoms with van der Waals surface area (Å²) < 4.78 is 11.4. The van der Waals surface area contributed by atoms with Crippen molar-refractivity contribution in [2.24, 2.45) is 5.92 Å². The fourth-order valence-electron chi connectivity index (χ4n) is 2.91. The van der Waals surface area contributed by atoms with Crippen LogP contribution in [0, 0.1) is 5.92 Å². The van der Waals surface area contributed by atoms with Crippen LogP contribution in [0.15, 0.2) is 36.7 Å². The molecule has 0 bridgehead atoms. The van der Waals surface area contributed by atoms with Gasteiger partial charge in [-0.3, -0.25) is 9.59 Å². The van der Waals surface area contributed by atoms with Gasteiger partial charge >= 0.3 is 0 Å². The van der Waals surface area contributed by atoms with Crippen molar-refractivity contribution in [1.82, 2.24) is 15.3 Å². The predicted octanol–water partition coefficient (Wildman–Crippen LogP) is 2.69. The molecule has 1 saturated carbocycles. The monoisotopic (exact) mass is 418 g/mol. The summed E-state index contributed by atoms with van der Waals surface area (Å²) in [7, 11) is 0. The van der Waals surface area contributed by atoms with Gasteiger partial charge in [0.25, 0.3) is 5.91 Å². The highest BCUT2D eigenvalue weighted by Crippen LogP contribution is 2.33. The third-order valence-corrected chi connectivity index (χ3v) is 4.84. The predicted molar refractivity (Wildman–Crippen MR) is 108 cm³/mol. The van der Waals surface area contributed by atoms with Crippen LogP contribution in [0.2, 0.25) is 5.02 Å². The average Bonchev–Trinajstić information content (AvgIpc) is 2.68. The van der Waals surface area contributed by atoms with E-state index in [2.05, 4.69) is 20.6 Å². The normalized spacial score (nSPS) is 17.9. The van der Waals surface area contributed by atoms with Crippen LogP contribution in [0.5, 0.6) is 5.88 Å². The number of aromatic nitrogens is 2. The number of hydrogen-bond acceptors (Lipinski definition) is 6. The van der Waals surface area contributed by atoms with Gasteiger partial charge < -0.3 is 20.1 Å². The molecule has 0 spiro atoms. The lowest BCUT2D eigenvalue weighted by Crippen LogP contribution is -2.37. The average molecular weight is 419 g/mol. The molecule has 1 heterocycles. The second-order valence-corrected chi connectivity index (χ2v) is 7.16. The Hall–Kier alpha value is -2.71. The van der Waals surface area contributed by atoms with Crippen LogP contribution in [0.4, 0.5) is 5.82 Å². The number of carbonyl (C=O) groups is 2. The number of hydrogen-bond donors (Lipinski definition) is 2. The number of anilines is 1. The van der Waals surface area contributed by atoms with Gasteiger partial charge in [-0.15, -0.1) is 0 Å². The molecule has 2 N–H and O–H groups in total. The van der Waals surface area contributed by atoms with E-state index < -0.39 is 0 Å². The standard InChI is InChI=1S/C20H23ClN4O4/c1-13(26)22-7-8-28-16-9-14(10-16)11-29-20-17(21)18(23-12-24-20)25-19(27)15-5-3-2-4-6-15/h2-6,12,14,16H,7-11H2,1H3,(H,22,26)(H,23,24,25,27). The van der Waals surface area contributed by atoms with Crippen molar-refractivity contribution in [2.45, 2.75) is 25.9 Å². The van der Waals surface area contributed by atoms with Crippen LogP contribution >= 0.6 is 11.6 Å². The summed E-state index contributed by atoms with van der Waals surface area (Å²) in [6.45, 7) is 2.95. The molecule has 1 aliphatic rings. The highest BCUT2D eigenvalue weighted by atomic mass is 35.5. The number of benzene rings is 1. The first-order valence-corrected chi connectivity index (χ1v) is 9.76. The number of carbonyl (C=O) groups excluding carboxylic acids is 2.